The van der Waals surface area contributed by atoms with Gasteiger partial charge >= 0.3 is 12.1 Å². The van der Waals surface area contributed by atoms with Crippen LogP contribution in [0.5, 0.6) is 0 Å². The molecular formula is C19H13ClF3N3O2S. The molecule has 29 heavy (non-hydrogen) atoms. The van der Waals surface area contributed by atoms with Crippen LogP contribution in [0.2, 0.25) is 5.02 Å². The summed E-state index contributed by atoms with van der Waals surface area (Å²) in [6.07, 6.45) is -3.45. The molecule has 0 saturated carbocycles. The lowest BCUT2D eigenvalue weighted by molar-refractivity contribution is -0.137. The highest BCUT2D eigenvalue weighted by Gasteiger charge is 2.31. The molecule has 0 atom stereocenters. The minimum absolute atomic E-state index is 0.0419. The summed E-state index contributed by atoms with van der Waals surface area (Å²) in [6.45, 7) is 0. The zero-order chi connectivity index (χ0) is 21.2. The lowest BCUT2D eigenvalue weighted by atomic mass is 10.0. The fourth-order valence-corrected chi connectivity index (χ4v) is 3.41. The molecule has 1 heterocycles. The maximum atomic E-state index is 12.8. The normalized spacial score (nSPS) is 11.8. The third-order valence-corrected chi connectivity index (χ3v) is 5.14. The molecule has 0 bridgehead atoms. The van der Waals surface area contributed by atoms with Crippen molar-refractivity contribution in [3.8, 4) is 11.3 Å². The standard InChI is InChI=1S/C19H13ClF3N3O2S/c1-26(18-25-16(10-29-18)13-4-2-3-5-15(13)20)24-9-11-6-7-12(19(21,22)23)8-14(11)17(27)28/h2-10H,1H3,(H,27,28)/b24-9+. The maximum absolute atomic E-state index is 12.8. The first-order valence-corrected chi connectivity index (χ1v) is 9.35. The molecule has 0 amide bonds. The van der Waals surface area contributed by atoms with E-state index in [0.29, 0.717) is 21.9 Å². The van der Waals surface area contributed by atoms with Crippen LogP contribution in [0.25, 0.3) is 11.3 Å². The van der Waals surface area contributed by atoms with Gasteiger partial charge in [0, 0.05) is 28.6 Å². The first-order chi connectivity index (χ1) is 13.7. The van der Waals surface area contributed by atoms with E-state index in [2.05, 4.69) is 10.1 Å². The number of hydrazone groups is 1. The third-order valence-electron chi connectivity index (χ3n) is 3.90. The molecule has 1 N–H and O–H groups in total. The van der Waals surface area contributed by atoms with Gasteiger partial charge in [-0.2, -0.15) is 18.3 Å². The summed E-state index contributed by atoms with van der Waals surface area (Å²) in [5, 5.41) is 17.6. The highest BCUT2D eigenvalue weighted by Crippen LogP contribution is 2.32. The molecule has 1 aromatic heterocycles. The Labute approximate surface area is 172 Å². The summed E-state index contributed by atoms with van der Waals surface area (Å²) in [4.78, 5) is 15.8. The second kappa shape index (κ2) is 8.22. The van der Waals surface area contributed by atoms with E-state index in [-0.39, 0.29) is 5.56 Å². The highest BCUT2D eigenvalue weighted by molar-refractivity contribution is 7.14. The van der Waals surface area contributed by atoms with Gasteiger partial charge < -0.3 is 5.11 Å². The predicted octanol–water partition coefficient (Wildman–Crippen LogP) is 5.65. The Hall–Kier alpha value is -2.91. The van der Waals surface area contributed by atoms with Gasteiger partial charge in [0.15, 0.2) is 0 Å². The lowest BCUT2D eigenvalue weighted by Gasteiger charge is -2.11. The maximum Gasteiger partial charge on any atom is 0.416 e. The van der Waals surface area contributed by atoms with Crippen LogP contribution in [0.1, 0.15) is 21.5 Å². The Kier molecular flexibility index (Phi) is 5.90. The van der Waals surface area contributed by atoms with E-state index in [4.69, 9.17) is 11.6 Å². The lowest BCUT2D eigenvalue weighted by Crippen LogP contribution is -2.12. The fourth-order valence-electron chi connectivity index (χ4n) is 2.43. The van der Waals surface area contributed by atoms with Crippen LogP contribution in [0.4, 0.5) is 18.3 Å². The van der Waals surface area contributed by atoms with Gasteiger partial charge in [0.1, 0.15) is 0 Å². The number of thiazole rings is 1. The Morgan fingerprint density at radius 1 is 1.28 bits per heavy atom. The minimum atomic E-state index is -4.63. The van der Waals surface area contributed by atoms with Crippen LogP contribution in [-0.2, 0) is 6.18 Å². The van der Waals surface area contributed by atoms with Crippen LogP contribution < -0.4 is 5.01 Å². The van der Waals surface area contributed by atoms with Crippen LogP contribution >= 0.6 is 22.9 Å². The van der Waals surface area contributed by atoms with Crippen LogP contribution in [0.3, 0.4) is 0 Å². The van der Waals surface area contributed by atoms with Crippen molar-refractivity contribution >= 4 is 40.3 Å². The number of carboxylic acids is 1. The molecule has 10 heteroatoms. The smallest absolute Gasteiger partial charge is 0.416 e. The number of nitrogens with zero attached hydrogens (tertiary/aromatic N) is 3. The number of hydrogen-bond donors (Lipinski definition) is 1. The number of carboxylic acid groups (broad SMARTS) is 1. The van der Waals surface area contributed by atoms with E-state index in [1.54, 1.807) is 24.6 Å². The number of alkyl halides is 3. The molecule has 3 rings (SSSR count). The number of hydrogen-bond acceptors (Lipinski definition) is 5. The zero-order valence-corrected chi connectivity index (χ0v) is 16.4. The fraction of sp³-hybridized carbons (Fsp3) is 0.105. The van der Waals surface area contributed by atoms with Crippen molar-refractivity contribution < 1.29 is 23.1 Å². The van der Waals surface area contributed by atoms with Gasteiger partial charge in [-0.05, 0) is 18.2 Å². The quantitative estimate of drug-likeness (QED) is 0.412. The summed E-state index contributed by atoms with van der Waals surface area (Å²) in [5.41, 5.74) is -0.0823. The molecule has 0 radical (unpaired) electrons. The predicted molar refractivity (Wildman–Crippen MR) is 107 cm³/mol. The van der Waals surface area contributed by atoms with Gasteiger partial charge in [0.05, 0.1) is 23.0 Å². The number of halogens is 4. The molecule has 0 saturated heterocycles. The number of aromatic carboxylic acids is 1. The van der Waals surface area contributed by atoms with E-state index in [0.717, 1.165) is 17.7 Å². The molecule has 0 spiro atoms. The summed E-state index contributed by atoms with van der Waals surface area (Å²) >= 11 is 7.46. The largest absolute Gasteiger partial charge is 0.478 e. The Morgan fingerprint density at radius 3 is 2.66 bits per heavy atom. The van der Waals surface area contributed by atoms with E-state index < -0.39 is 23.3 Å². The van der Waals surface area contributed by atoms with Gasteiger partial charge in [-0.15, -0.1) is 11.3 Å². The van der Waals surface area contributed by atoms with Crippen LogP contribution in [0, 0.1) is 0 Å². The monoisotopic (exact) mass is 439 g/mol. The van der Waals surface area contributed by atoms with Gasteiger partial charge in [0.25, 0.3) is 0 Å². The van der Waals surface area contributed by atoms with Crippen molar-refractivity contribution in [3.05, 3.63) is 69.6 Å². The first-order valence-electron chi connectivity index (χ1n) is 8.09. The molecule has 5 nitrogen and oxygen atoms in total. The minimum Gasteiger partial charge on any atom is -0.478 e. The van der Waals surface area contributed by atoms with E-state index in [9.17, 15) is 23.1 Å². The Balaban J connectivity index is 1.85. The Morgan fingerprint density at radius 2 is 2.00 bits per heavy atom. The van der Waals surface area contributed by atoms with Gasteiger partial charge in [-0.25, -0.2) is 14.8 Å². The van der Waals surface area contributed by atoms with Gasteiger partial charge in [0.2, 0.25) is 5.13 Å². The van der Waals surface area contributed by atoms with Crippen molar-refractivity contribution in [2.75, 3.05) is 12.1 Å². The zero-order valence-electron chi connectivity index (χ0n) is 14.8. The molecule has 0 fully saturated rings. The Bertz CT molecular complexity index is 1080. The van der Waals surface area contributed by atoms with Gasteiger partial charge in [-0.1, -0.05) is 35.9 Å². The number of carbonyl (C=O) groups is 1. The number of anilines is 1. The average molecular weight is 440 g/mol. The number of benzene rings is 2. The van der Waals surface area contributed by atoms with E-state index in [1.807, 2.05) is 12.1 Å². The highest BCUT2D eigenvalue weighted by atomic mass is 35.5. The van der Waals surface area contributed by atoms with Crippen molar-refractivity contribution in [2.45, 2.75) is 6.18 Å². The van der Waals surface area contributed by atoms with Crippen molar-refractivity contribution in [2.24, 2.45) is 5.10 Å². The molecule has 3 aromatic rings. The second-order valence-electron chi connectivity index (χ2n) is 5.87. The molecule has 0 aliphatic heterocycles. The number of aromatic nitrogens is 1. The van der Waals surface area contributed by atoms with E-state index in [1.165, 1.54) is 22.6 Å². The summed E-state index contributed by atoms with van der Waals surface area (Å²) < 4.78 is 38.5. The van der Waals surface area contributed by atoms with Crippen LogP contribution in [0.15, 0.2) is 52.9 Å². The van der Waals surface area contributed by atoms with E-state index >= 15 is 0 Å². The SMILES string of the molecule is CN(/N=C/c1ccc(C(F)(F)F)cc1C(=O)O)c1nc(-c2ccccc2Cl)cs1. The average Bonchev–Trinajstić information content (AvgIpc) is 3.15. The molecule has 0 unspecified atom stereocenters. The molecule has 0 aliphatic carbocycles. The molecule has 0 aliphatic rings. The first kappa shape index (κ1) is 20.8. The van der Waals surface area contributed by atoms with Crippen molar-refractivity contribution in [1.82, 2.24) is 4.98 Å². The topological polar surface area (TPSA) is 65.8 Å². The second-order valence-corrected chi connectivity index (χ2v) is 7.11. The van der Waals surface area contributed by atoms with Crippen molar-refractivity contribution in [3.63, 3.8) is 0 Å². The van der Waals surface area contributed by atoms with Gasteiger partial charge in [-0.3, -0.25) is 0 Å². The third kappa shape index (κ3) is 4.75. The molecular weight excluding hydrogens is 427 g/mol. The summed E-state index contributed by atoms with van der Waals surface area (Å²) in [5.74, 6) is -1.48. The number of rotatable bonds is 5. The van der Waals surface area contributed by atoms with Crippen molar-refractivity contribution in [1.29, 1.82) is 0 Å². The molecule has 150 valence electrons. The summed E-state index contributed by atoms with van der Waals surface area (Å²) in [7, 11) is 1.59. The van der Waals surface area contributed by atoms with Crippen LogP contribution in [-0.4, -0.2) is 29.3 Å². The summed E-state index contributed by atoms with van der Waals surface area (Å²) in [6, 6.07) is 9.68. The molecule has 2 aromatic carbocycles.